The van der Waals surface area contributed by atoms with Crippen molar-refractivity contribution in [3.05, 3.63) is 0 Å². The molecule has 4 unspecified atom stereocenters. The molecule has 1 aliphatic carbocycles. The first-order chi connectivity index (χ1) is 7.20. The van der Waals surface area contributed by atoms with Crippen LogP contribution in [0, 0.1) is 17.8 Å². The van der Waals surface area contributed by atoms with E-state index in [9.17, 15) is 0 Å². The van der Waals surface area contributed by atoms with Gasteiger partial charge in [-0.05, 0) is 37.3 Å². The molecule has 2 aliphatic rings. The van der Waals surface area contributed by atoms with Gasteiger partial charge in [-0.25, -0.2) is 0 Å². The van der Waals surface area contributed by atoms with Crippen molar-refractivity contribution in [1.82, 2.24) is 10.2 Å². The number of hydrogen-bond acceptors (Lipinski definition) is 2. The Morgan fingerprint density at radius 3 is 2.20 bits per heavy atom. The summed E-state index contributed by atoms with van der Waals surface area (Å²) in [5.74, 6) is 2.64. The molecule has 0 aromatic rings. The van der Waals surface area contributed by atoms with Gasteiger partial charge in [0.15, 0.2) is 0 Å². The molecule has 0 aromatic carbocycles. The van der Waals surface area contributed by atoms with Crippen LogP contribution in [0.15, 0.2) is 0 Å². The minimum Gasteiger partial charge on any atom is -0.316 e. The fourth-order valence-electron chi connectivity index (χ4n) is 2.97. The second-order valence-corrected chi connectivity index (χ2v) is 5.79. The second-order valence-electron chi connectivity index (χ2n) is 5.79. The van der Waals surface area contributed by atoms with E-state index in [1.54, 1.807) is 0 Å². The average molecular weight is 210 g/mol. The van der Waals surface area contributed by atoms with E-state index < -0.39 is 0 Å². The zero-order valence-corrected chi connectivity index (χ0v) is 10.5. The maximum absolute atomic E-state index is 3.57. The van der Waals surface area contributed by atoms with E-state index in [1.165, 1.54) is 39.0 Å². The molecular formula is C13H26N2. The minimum absolute atomic E-state index is 0.815. The number of nitrogens with one attached hydrogen (secondary N) is 1. The van der Waals surface area contributed by atoms with Gasteiger partial charge in [-0.15, -0.1) is 0 Å². The van der Waals surface area contributed by atoms with Crippen molar-refractivity contribution in [2.45, 2.75) is 39.7 Å². The standard InChI is InChI=1S/C13H26N2/c1-4-12-5-13(12)15-8-10(2)6-14-7-11(3)9-15/h10-14H,4-9H2,1-3H3. The number of nitrogens with zero attached hydrogens (tertiary/aromatic N) is 1. The van der Waals surface area contributed by atoms with Crippen LogP contribution in [0.25, 0.3) is 0 Å². The lowest BCUT2D eigenvalue weighted by molar-refractivity contribution is 0.170. The molecule has 0 radical (unpaired) electrons. The van der Waals surface area contributed by atoms with Crippen LogP contribution in [0.1, 0.15) is 33.6 Å². The first-order valence-corrected chi connectivity index (χ1v) is 6.65. The van der Waals surface area contributed by atoms with Crippen molar-refractivity contribution in [2.24, 2.45) is 17.8 Å². The normalized spacial score (nSPS) is 43.4. The third kappa shape index (κ3) is 2.94. The monoisotopic (exact) mass is 210 g/mol. The van der Waals surface area contributed by atoms with E-state index in [2.05, 4.69) is 31.0 Å². The molecule has 88 valence electrons. The van der Waals surface area contributed by atoms with E-state index in [-0.39, 0.29) is 0 Å². The summed E-state index contributed by atoms with van der Waals surface area (Å²) in [4.78, 5) is 2.77. The summed E-state index contributed by atoms with van der Waals surface area (Å²) in [6.45, 7) is 12.1. The average Bonchev–Trinajstić information content (AvgIpc) is 2.93. The summed E-state index contributed by atoms with van der Waals surface area (Å²) >= 11 is 0. The first kappa shape index (κ1) is 11.4. The topological polar surface area (TPSA) is 15.3 Å². The summed E-state index contributed by atoms with van der Waals surface area (Å²) in [6.07, 6.45) is 2.84. The molecule has 0 aromatic heterocycles. The molecule has 15 heavy (non-hydrogen) atoms. The van der Waals surface area contributed by atoms with E-state index in [0.717, 1.165) is 23.8 Å². The second kappa shape index (κ2) is 4.84. The lowest BCUT2D eigenvalue weighted by Crippen LogP contribution is -2.43. The predicted octanol–water partition coefficient (Wildman–Crippen LogP) is 1.96. The molecule has 0 bridgehead atoms. The van der Waals surface area contributed by atoms with Crippen LogP contribution in [-0.4, -0.2) is 37.1 Å². The van der Waals surface area contributed by atoms with Gasteiger partial charge in [-0.1, -0.05) is 27.2 Å². The van der Waals surface area contributed by atoms with Crippen molar-refractivity contribution in [3.63, 3.8) is 0 Å². The lowest BCUT2D eigenvalue weighted by Gasteiger charge is -2.32. The Kier molecular flexibility index (Phi) is 3.68. The summed E-state index contributed by atoms with van der Waals surface area (Å²) in [5, 5.41) is 3.57. The fraction of sp³-hybridized carbons (Fsp3) is 1.00. The van der Waals surface area contributed by atoms with E-state index in [4.69, 9.17) is 0 Å². The summed E-state index contributed by atoms with van der Waals surface area (Å²) in [5.41, 5.74) is 0. The van der Waals surface area contributed by atoms with Gasteiger partial charge in [0.05, 0.1) is 0 Å². The number of rotatable bonds is 2. The third-order valence-corrected chi connectivity index (χ3v) is 3.96. The van der Waals surface area contributed by atoms with Crippen LogP contribution < -0.4 is 5.32 Å². The van der Waals surface area contributed by atoms with Crippen molar-refractivity contribution in [1.29, 1.82) is 0 Å². The zero-order chi connectivity index (χ0) is 10.8. The molecule has 2 rings (SSSR count). The lowest BCUT2D eigenvalue weighted by atomic mass is 10.1. The Hall–Kier alpha value is -0.0800. The van der Waals surface area contributed by atoms with Crippen LogP contribution in [0.2, 0.25) is 0 Å². The predicted molar refractivity (Wildman–Crippen MR) is 65.0 cm³/mol. The molecular weight excluding hydrogens is 184 g/mol. The number of hydrogen-bond donors (Lipinski definition) is 1. The van der Waals surface area contributed by atoms with Crippen molar-refractivity contribution >= 4 is 0 Å². The van der Waals surface area contributed by atoms with Crippen molar-refractivity contribution < 1.29 is 0 Å². The smallest absolute Gasteiger partial charge is 0.0127 e. The zero-order valence-electron chi connectivity index (χ0n) is 10.5. The Morgan fingerprint density at radius 2 is 1.73 bits per heavy atom. The Bertz CT molecular complexity index is 193. The quantitative estimate of drug-likeness (QED) is 0.749. The Morgan fingerprint density at radius 1 is 1.13 bits per heavy atom. The van der Waals surface area contributed by atoms with Gasteiger partial charge in [0.25, 0.3) is 0 Å². The van der Waals surface area contributed by atoms with E-state index >= 15 is 0 Å². The fourth-order valence-corrected chi connectivity index (χ4v) is 2.97. The Labute approximate surface area is 94.4 Å². The highest BCUT2D eigenvalue weighted by molar-refractivity contribution is 4.95. The van der Waals surface area contributed by atoms with Gasteiger partial charge in [0, 0.05) is 19.1 Å². The molecule has 1 N–H and O–H groups in total. The molecule has 4 atom stereocenters. The van der Waals surface area contributed by atoms with Gasteiger partial charge in [0.1, 0.15) is 0 Å². The molecule has 2 heteroatoms. The van der Waals surface area contributed by atoms with Gasteiger partial charge in [-0.2, -0.15) is 0 Å². The Balaban J connectivity index is 1.89. The van der Waals surface area contributed by atoms with Crippen LogP contribution in [0.3, 0.4) is 0 Å². The highest BCUT2D eigenvalue weighted by atomic mass is 15.2. The summed E-state index contributed by atoms with van der Waals surface area (Å²) < 4.78 is 0. The molecule has 1 saturated carbocycles. The molecule has 1 aliphatic heterocycles. The molecule has 0 spiro atoms. The molecule has 2 fully saturated rings. The van der Waals surface area contributed by atoms with Gasteiger partial charge < -0.3 is 5.32 Å². The highest BCUT2D eigenvalue weighted by Crippen LogP contribution is 2.39. The SMILES string of the molecule is CCC1CC1N1CC(C)CNCC(C)C1. The van der Waals surface area contributed by atoms with Crippen molar-refractivity contribution in [3.8, 4) is 0 Å². The third-order valence-electron chi connectivity index (χ3n) is 3.96. The summed E-state index contributed by atoms with van der Waals surface area (Å²) in [6, 6.07) is 0.929. The van der Waals surface area contributed by atoms with Crippen LogP contribution >= 0.6 is 0 Å². The van der Waals surface area contributed by atoms with Gasteiger partial charge in [0.2, 0.25) is 0 Å². The molecule has 2 nitrogen and oxygen atoms in total. The summed E-state index contributed by atoms with van der Waals surface area (Å²) in [7, 11) is 0. The largest absolute Gasteiger partial charge is 0.316 e. The molecule has 0 amide bonds. The van der Waals surface area contributed by atoms with Crippen molar-refractivity contribution in [2.75, 3.05) is 26.2 Å². The maximum atomic E-state index is 3.57. The first-order valence-electron chi connectivity index (χ1n) is 6.65. The van der Waals surface area contributed by atoms with E-state index in [0.29, 0.717) is 0 Å². The van der Waals surface area contributed by atoms with Crippen LogP contribution in [0.4, 0.5) is 0 Å². The highest BCUT2D eigenvalue weighted by Gasteiger charge is 2.40. The van der Waals surface area contributed by atoms with E-state index in [1.807, 2.05) is 0 Å². The van der Waals surface area contributed by atoms with Crippen LogP contribution in [-0.2, 0) is 0 Å². The maximum Gasteiger partial charge on any atom is 0.0127 e. The molecule has 1 heterocycles. The van der Waals surface area contributed by atoms with Crippen LogP contribution in [0.5, 0.6) is 0 Å². The molecule has 1 saturated heterocycles. The minimum atomic E-state index is 0.815. The van der Waals surface area contributed by atoms with Gasteiger partial charge in [-0.3, -0.25) is 4.90 Å². The van der Waals surface area contributed by atoms with Gasteiger partial charge >= 0.3 is 0 Å².